The molecule has 112 valence electrons. The molecule has 0 unspecified atom stereocenters. The first kappa shape index (κ1) is 16.9. The monoisotopic (exact) mass is 284 g/mol. The van der Waals surface area contributed by atoms with Crippen LogP contribution in [0.15, 0.2) is 18.2 Å². The lowest BCUT2D eigenvalue weighted by Crippen LogP contribution is -2.29. The number of rotatable bonds is 10. The van der Waals surface area contributed by atoms with Gasteiger partial charge in [0.05, 0.1) is 6.61 Å². The van der Waals surface area contributed by atoms with Gasteiger partial charge in [0, 0.05) is 0 Å². The fourth-order valence-electron chi connectivity index (χ4n) is 1.79. The van der Waals surface area contributed by atoms with Crippen LogP contribution in [0.5, 0.6) is 5.75 Å². The molecule has 2 N–H and O–H groups in total. The zero-order valence-corrected chi connectivity index (χ0v) is 11.8. The summed E-state index contributed by atoms with van der Waals surface area (Å²) < 4.78 is 13.5. The number of hydrogen-bond donors (Lipinski definition) is 2. The van der Waals surface area contributed by atoms with Crippen molar-refractivity contribution in [2.24, 2.45) is 0 Å². The van der Waals surface area contributed by atoms with Crippen molar-refractivity contribution in [2.75, 3.05) is 6.61 Å². The van der Waals surface area contributed by atoms with Crippen LogP contribution in [0.3, 0.4) is 0 Å². The van der Waals surface area contributed by atoms with Crippen molar-refractivity contribution < 1.29 is 24.2 Å². The highest BCUT2D eigenvalue weighted by Crippen LogP contribution is 2.15. The summed E-state index contributed by atoms with van der Waals surface area (Å²) in [5.41, 5.74) is 0.0748. The van der Waals surface area contributed by atoms with E-state index in [2.05, 4.69) is 6.92 Å². The van der Waals surface area contributed by atoms with E-state index in [-0.39, 0.29) is 11.2 Å². The molecule has 0 bridgehead atoms. The van der Waals surface area contributed by atoms with Gasteiger partial charge < -0.3 is 14.9 Å². The summed E-state index contributed by atoms with van der Waals surface area (Å²) in [7, 11) is -1.69. The maximum atomic E-state index is 13.5. The molecule has 0 heterocycles. The van der Waals surface area contributed by atoms with Crippen molar-refractivity contribution in [1.29, 1.82) is 0 Å². The first-order chi connectivity index (χ1) is 9.65. The molecular formula is C14H22BFO4. The van der Waals surface area contributed by atoms with E-state index in [1.165, 1.54) is 37.8 Å². The second kappa shape index (κ2) is 9.74. The minimum atomic E-state index is -1.69. The van der Waals surface area contributed by atoms with E-state index in [4.69, 9.17) is 19.8 Å². The molecule has 0 saturated carbocycles. The lowest BCUT2D eigenvalue weighted by atomic mass is 9.80. The van der Waals surface area contributed by atoms with Gasteiger partial charge in [-0.1, -0.05) is 45.1 Å². The fourth-order valence-corrected chi connectivity index (χ4v) is 1.79. The summed E-state index contributed by atoms with van der Waals surface area (Å²) in [4.78, 5) is 9.80. The lowest BCUT2D eigenvalue weighted by Gasteiger charge is -2.07. The minimum absolute atomic E-state index is 0.0552. The lowest BCUT2D eigenvalue weighted by molar-refractivity contribution is -0.209. The average Bonchev–Trinajstić information content (AvgIpc) is 2.43. The predicted octanol–water partition coefficient (Wildman–Crippen LogP) is 2.18. The maximum absolute atomic E-state index is 13.5. The fraction of sp³-hybridized carbons (Fsp3) is 0.571. The first-order valence-corrected chi connectivity index (χ1v) is 7.10. The molecule has 0 aliphatic heterocycles. The van der Waals surface area contributed by atoms with Crippen LogP contribution < -0.4 is 10.4 Å². The molecule has 0 aliphatic rings. The highest BCUT2D eigenvalue weighted by atomic mass is 19.1. The Morgan fingerprint density at radius 3 is 2.45 bits per heavy atom. The van der Waals surface area contributed by atoms with Gasteiger partial charge in [0.25, 0.3) is 0 Å². The molecule has 0 atom stereocenters. The van der Waals surface area contributed by atoms with Crippen LogP contribution in [0.4, 0.5) is 4.39 Å². The van der Waals surface area contributed by atoms with E-state index < -0.39 is 12.9 Å². The van der Waals surface area contributed by atoms with Crippen LogP contribution in [0, 0.1) is 5.82 Å². The van der Waals surface area contributed by atoms with Crippen molar-refractivity contribution in [2.45, 2.75) is 45.4 Å². The van der Waals surface area contributed by atoms with Gasteiger partial charge in [0.1, 0.15) is 0 Å². The molecule has 1 aromatic rings. The summed E-state index contributed by atoms with van der Waals surface area (Å²) >= 11 is 0. The van der Waals surface area contributed by atoms with Crippen molar-refractivity contribution in [3.8, 4) is 5.75 Å². The normalized spacial score (nSPS) is 10.6. The molecule has 4 nitrogen and oxygen atoms in total. The van der Waals surface area contributed by atoms with E-state index in [0.717, 1.165) is 18.9 Å². The molecule has 0 spiro atoms. The smallest absolute Gasteiger partial charge is 0.423 e. The zero-order valence-electron chi connectivity index (χ0n) is 11.8. The third-order valence-corrected chi connectivity index (χ3v) is 2.98. The third kappa shape index (κ3) is 6.37. The van der Waals surface area contributed by atoms with Crippen molar-refractivity contribution in [3.63, 3.8) is 0 Å². The molecule has 0 aromatic heterocycles. The van der Waals surface area contributed by atoms with E-state index in [1.807, 2.05) is 0 Å². The average molecular weight is 284 g/mol. The number of benzene rings is 1. The van der Waals surface area contributed by atoms with Crippen LogP contribution in [0.25, 0.3) is 0 Å². The molecule has 0 amide bonds. The van der Waals surface area contributed by atoms with Gasteiger partial charge in [-0.2, -0.15) is 4.89 Å². The Balaban J connectivity index is 2.19. The third-order valence-electron chi connectivity index (χ3n) is 2.98. The summed E-state index contributed by atoms with van der Waals surface area (Å²) in [6, 6.07) is 3.69. The SMILES string of the molecule is CCCCCCCCOOc1ccc(B(O)O)cc1F. The van der Waals surface area contributed by atoms with Crippen LogP contribution >= 0.6 is 0 Å². The summed E-state index contributed by atoms with van der Waals surface area (Å²) in [6.07, 6.45) is 6.83. The molecule has 1 aromatic carbocycles. The summed E-state index contributed by atoms with van der Waals surface area (Å²) in [6.45, 7) is 2.59. The molecule has 0 saturated heterocycles. The van der Waals surface area contributed by atoms with Gasteiger partial charge in [0.2, 0.25) is 5.75 Å². The van der Waals surface area contributed by atoms with Crippen molar-refractivity contribution >= 4 is 12.6 Å². The summed E-state index contributed by atoms with van der Waals surface area (Å²) in [5.74, 6) is -0.737. The number of halogens is 1. The van der Waals surface area contributed by atoms with Crippen LogP contribution in [-0.4, -0.2) is 23.8 Å². The quantitative estimate of drug-likeness (QED) is 0.299. The Kier molecular flexibility index (Phi) is 8.26. The van der Waals surface area contributed by atoms with Crippen LogP contribution in [0.1, 0.15) is 45.4 Å². The summed E-state index contributed by atoms with van der Waals surface area (Å²) in [5, 5.41) is 17.8. The largest absolute Gasteiger partial charge is 0.488 e. The Morgan fingerprint density at radius 1 is 1.10 bits per heavy atom. The van der Waals surface area contributed by atoms with Gasteiger partial charge >= 0.3 is 7.12 Å². The second-order valence-corrected chi connectivity index (χ2v) is 4.74. The van der Waals surface area contributed by atoms with Gasteiger partial charge in [-0.3, -0.25) is 0 Å². The predicted molar refractivity (Wildman–Crippen MR) is 76.2 cm³/mol. The van der Waals surface area contributed by atoms with Crippen molar-refractivity contribution in [1.82, 2.24) is 0 Å². The maximum Gasteiger partial charge on any atom is 0.488 e. The van der Waals surface area contributed by atoms with Gasteiger partial charge in [0.15, 0.2) is 5.82 Å². The van der Waals surface area contributed by atoms with Crippen LogP contribution in [-0.2, 0) is 4.89 Å². The zero-order chi connectivity index (χ0) is 14.8. The highest BCUT2D eigenvalue weighted by Gasteiger charge is 2.14. The van der Waals surface area contributed by atoms with Gasteiger partial charge in [-0.15, -0.1) is 0 Å². The van der Waals surface area contributed by atoms with Crippen LogP contribution in [0.2, 0.25) is 0 Å². The molecule has 20 heavy (non-hydrogen) atoms. The first-order valence-electron chi connectivity index (χ1n) is 7.10. The second-order valence-electron chi connectivity index (χ2n) is 4.74. The molecular weight excluding hydrogens is 262 g/mol. The minimum Gasteiger partial charge on any atom is -0.423 e. The van der Waals surface area contributed by atoms with E-state index in [0.29, 0.717) is 6.61 Å². The molecule has 0 aliphatic carbocycles. The Bertz CT molecular complexity index is 387. The van der Waals surface area contributed by atoms with Crippen molar-refractivity contribution in [3.05, 3.63) is 24.0 Å². The number of hydrogen-bond acceptors (Lipinski definition) is 4. The number of unbranched alkanes of at least 4 members (excludes halogenated alkanes) is 5. The van der Waals surface area contributed by atoms with E-state index >= 15 is 0 Å². The molecule has 6 heteroatoms. The van der Waals surface area contributed by atoms with Gasteiger partial charge in [-0.25, -0.2) is 4.39 Å². The Labute approximate surface area is 119 Å². The van der Waals surface area contributed by atoms with Gasteiger partial charge in [-0.05, 0) is 24.0 Å². The standard InChI is InChI=1S/C14H22BFO4/c1-2-3-4-5-6-7-10-19-20-14-9-8-12(15(17)18)11-13(14)16/h8-9,11,17-18H,2-7,10H2,1H3. The molecule has 0 fully saturated rings. The Morgan fingerprint density at radius 2 is 1.80 bits per heavy atom. The molecule has 1 rings (SSSR count). The highest BCUT2D eigenvalue weighted by molar-refractivity contribution is 6.58. The topological polar surface area (TPSA) is 58.9 Å². The molecule has 0 radical (unpaired) electrons. The van der Waals surface area contributed by atoms with E-state index in [1.54, 1.807) is 0 Å². The van der Waals surface area contributed by atoms with E-state index in [9.17, 15) is 4.39 Å². The Hall–Kier alpha value is -1.11.